The summed E-state index contributed by atoms with van der Waals surface area (Å²) in [6, 6.07) is 23.8. The average Bonchev–Trinajstić information content (AvgIpc) is 2.76. The lowest BCUT2D eigenvalue weighted by Crippen LogP contribution is -3.11. The van der Waals surface area contributed by atoms with Crippen molar-refractivity contribution in [2.24, 2.45) is 0 Å². The van der Waals surface area contributed by atoms with Gasteiger partial charge in [0.2, 0.25) is 0 Å². The Labute approximate surface area is 182 Å². The van der Waals surface area contributed by atoms with Gasteiger partial charge in [0, 0.05) is 23.0 Å². The molecule has 31 heavy (non-hydrogen) atoms. The van der Waals surface area contributed by atoms with E-state index in [9.17, 15) is 9.59 Å². The fourth-order valence-electron chi connectivity index (χ4n) is 3.42. The molecule has 6 heteroatoms. The smallest absolute Gasteiger partial charge is 0.287 e. The number of nitrogens with one attached hydrogen (secondary N) is 3. The quantitative estimate of drug-likeness (QED) is 0.527. The van der Waals surface area contributed by atoms with E-state index in [4.69, 9.17) is 4.74 Å². The summed E-state index contributed by atoms with van der Waals surface area (Å²) in [6.45, 7) is 2.13. The van der Waals surface area contributed by atoms with E-state index in [0.717, 1.165) is 21.7 Å². The Morgan fingerprint density at radius 2 is 1.61 bits per heavy atom. The van der Waals surface area contributed by atoms with Crippen LogP contribution in [0.15, 0.2) is 78.9 Å². The molecule has 2 atom stereocenters. The summed E-state index contributed by atoms with van der Waals surface area (Å²) in [7, 11) is 3.43. The molecule has 0 aliphatic heterocycles. The van der Waals surface area contributed by atoms with Crippen LogP contribution in [0.4, 0.5) is 11.4 Å². The fraction of sp³-hybridized carbons (Fsp3) is 0.200. The number of rotatable bonds is 8. The van der Waals surface area contributed by atoms with Crippen LogP contribution in [0.25, 0.3) is 0 Å². The molecule has 2 amide bonds. The Morgan fingerprint density at radius 1 is 0.903 bits per heavy atom. The average molecular weight is 419 g/mol. The molecular weight excluding hydrogens is 390 g/mol. The van der Waals surface area contributed by atoms with Crippen molar-refractivity contribution in [2.45, 2.75) is 13.0 Å². The summed E-state index contributed by atoms with van der Waals surface area (Å²) in [5.74, 6) is 0.309. The summed E-state index contributed by atoms with van der Waals surface area (Å²) in [5.41, 5.74) is 3.34. The van der Waals surface area contributed by atoms with Crippen LogP contribution in [0.1, 0.15) is 17.2 Å². The monoisotopic (exact) mass is 418 g/mol. The van der Waals surface area contributed by atoms with Crippen molar-refractivity contribution in [1.29, 1.82) is 0 Å². The highest BCUT2D eigenvalue weighted by atomic mass is 16.5. The molecule has 0 aromatic heterocycles. The number of hydrogen-bond acceptors (Lipinski definition) is 3. The van der Waals surface area contributed by atoms with Crippen LogP contribution in [0, 0.1) is 6.92 Å². The van der Waals surface area contributed by atoms with Crippen molar-refractivity contribution in [2.75, 3.05) is 31.3 Å². The minimum Gasteiger partial charge on any atom is -0.497 e. The van der Waals surface area contributed by atoms with Crippen LogP contribution < -0.4 is 20.3 Å². The van der Waals surface area contributed by atoms with E-state index in [-0.39, 0.29) is 18.4 Å². The molecule has 3 N–H and O–H groups in total. The van der Waals surface area contributed by atoms with Crippen LogP contribution in [-0.4, -0.2) is 32.5 Å². The molecule has 6 nitrogen and oxygen atoms in total. The third-order valence-corrected chi connectivity index (χ3v) is 5.00. The summed E-state index contributed by atoms with van der Waals surface area (Å²) in [6.07, 6.45) is 0. The van der Waals surface area contributed by atoms with Crippen LogP contribution in [0.5, 0.6) is 5.75 Å². The molecule has 3 aromatic carbocycles. The van der Waals surface area contributed by atoms with Crippen LogP contribution in [-0.2, 0) is 9.59 Å². The van der Waals surface area contributed by atoms with Crippen LogP contribution in [0.3, 0.4) is 0 Å². The zero-order valence-corrected chi connectivity index (χ0v) is 18.0. The summed E-state index contributed by atoms with van der Waals surface area (Å²) < 4.78 is 5.24. The Morgan fingerprint density at radius 3 is 2.29 bits per heavy atom. The molecule has 1 unspecified atom stereocenters. The number of aryl methyl sites for hydroxylation is 1. The van der Waals surface area contributed by atoms with Crippen molar-refractivity contribution >= 4 is 23.2 Å². The van der Waals surface area contributed by atoms with Gasteiger partial charge in [-0.3, -0.25) is 9.59 Å². The molecule has 0 saturated heterocycles. The van der Waals surface area contributed by atoms with Gasteiger partial charge in [-0.25, -0.2) is 0 Å². The maximum atomic E-state index is 13.2. The number of hydrogen-bond donors (Lipinski definition) is 3. The van der Waals surface area contributed by atoms with E-state index in [1.54, 1.807) is 13.2 Å². The van der Waals surface area contributed by atoms with Crippen molar-refractivity contribution in [3.05, 3.63) is 90.0 Å². The molecule has 0 aliphatic rings. The largest absolute Gasteiger partial charge is 0.497 e. The van der Waals surface area contributed by atoms with E-state index in [1.807, 2.05) is 86.8 Å². The van der Waals surface area contributed by atoms with Gasteiger partial charge in [-0.1, -0.05) is 54.1 Å². The van der Waals surface area contributed by atoms with E-state index in [0.29, 0.717) is 11.4 Å². The first-order chi connectivity index (χ1) is 15.0. The lowest BCUT2D eigenvalue weighted by atomic mass is 10.0. The molecule has 0 fully saturated rings. The highest BCUT2D eigenvalue weighted by molar-refractivity contribution is 5.95. The molecule has 0 bridgehead atoms. The summed E-state index contributed by atoms with van der Waals surface area (Å²) in [5, 5.41) is 5.86. The van der Waals surface area contributed by atoms with Crippen LogP contribution in [0.2, 0.25) is 0 Å². The van der Waals surface area contributed by atoms with Crippen molar-refractivity contribution in [3.8, 4) is 5.75 Å². The van der Waals surface area contributed by atoms with Gasteiger partial charge < -0.3 is 20.3 Å². The molecule has 3 aromatic rings. The molecule has 0 saturated carbocycles. The SMILES string of the molecule is COc1cccc(NC(=O)[C@@H](c2ccccc2)[NH+](C)CC(=O)Nc2ccc(C)cc2)c1. The van der Waals surface area contributed by atoms with Gasteiger partial charge in [0.05, 0.1) is 14.2 Å². The van der Waals surface area contributed by atoms with Gasteiger partial charge in [-0.2, -0.15) is 0 Å². The number of amides is 2. The first kappa shape index (κ1) is 22.1. The predicted molar refractivity (Wildman–Crippen MR) is 122 cm³/mol. The van der Waals surface area contributed by atoms with Gasteiger partial charge in [0.15, 0.2) is 12.6 Å². The number of ether oxygens (including phenoxy) is 1. The minimum absolute atomic E-state index is 0.138. The number of benzene rings is 3. The third kappa shape index (κ3) is 6.17. The molecule has 0 heterocycles. The zero-order chi connectivity index (χ0) is 22.2. The van der Waals surface area contributed by atoms with E-state index >= 15 is 0 Å². The number of likely N-dealkylation sites (N-methyl/N-ethyl adjacent to an activating group) is 1. The Bertz CT molecular complexity index is 1020. The normalized spacial score (nSPS) is 12.5. The molecule has 3 rings (SSSR count). The number of carbonyl (C=O) groups is 2. The van der Waals surface area contributed by atoms with Gasteiger partial charge >= 0.3 is 0 Å². The van der Waals surface area contributed by atoms with Crippen molar-refractivity contribution < 1.29 is 19.2 Å². The van der Waals surface area contributed by atoms with Crippen molar-refractivity contribution in [3.63, 3.8) is 0 Å². The minimum atomic E-state index is -0.559. The van der Waals surface area contributed by atoms with Gasteiger partial charge in [-0.15, -0.1) is 0 Å². The van der Waals surface area contributed by atoms with E-state index < -0.39 is 6.04 Å². The number of carbonyl (C=O) groups excluding carboxylic acids is 2. The fourth-order valence-corrected chi connectivity index (χ4v) is 3.42. The number of quaternary nitrogens is 1. The van der Waals surface area contributed by atoms with Crippen molar-refractivity contribution in [1.82, 2.24) is 0 Å². The lowest BCUT2D eigenvalue weighted by molar-refractivity contribution is -0.893. The van der Waals surface area contributed by atoms with Gasteiger partial charge in [-0.05, 0) is 31.2 Å². The number of methoxy groups -OCH3 is 1. The third-order valence-electron chi connectivity index (χ3n) is 5.00. The Kier molecular flexibility index (Phi) is 7.40. The van der Waals surface area contributed by atoms with Crippen LogP contribution >= 0.6 is 0 Å². The molecule has 0 aliphatic carbocycles. The van der Waals surface area contributed by atoms with E-state index in [1.165, 1.54) is 0 Å². The molecular formula is C25H28N3O3+. The number of anilines is 2. The second-order valence-corrected chi connectivity index (χ2v) is 7.50. The standard InChI is InChI=1S/C25H27N3O3/c1-18-12-14-20(15-13-18)26-23(29)17-28(2)24(19-8-5-4-6-9-19)25(30)27-21-10-7-11-22(16-21)31-3/h4-16,24H,17H2,1-3H3,(H,26,29)(H,27,30)/p+1/t24-/m1/s1. The second kappa shape index (κ2) is 10.4. The first-order valence-corrected chi connectivity index (χ1v) is 10.1. The van der Waals surface area contributed by atoms with E-state index in [2.05, 4.69) is 10.6 Å². The Hall–Kier alpha value is -3.64. The van der Waals surface area contributed by atoms with Gasteiger partial charge in [0.1, 0.15) is 5.75 Å². The summed E-state index contributed by atoms with van der Waals surface area (Å²) in [4.78, 5) is 26.6. The summed E-state index contributed by atoms with van der Waals surface area (Å²) >= 11 is 0. The highest BCUT2D eigenvalue weighted by Gasteiger charge is 2.30. The lowest BCUT2D eigenvalue weighted by Gasteiger charge is -2.24. The second-order valence-electron chi connectivity index (χ2n) is 7.50. The maximum Gasteiger partial charge on any atom is 0.287 e. The first-order valence-electron chi connectivity index (χ1n) is 10.1. The Balaban J connectivity index is 1.75. The topological polar surface area (TPSA) is 71.9 Å². The maximum absolute atomic E-state index is 13.2. The predicted octanol–water partition coefficient (Wildman–Crippen LogP) is 2.84. The molecule has 0 radical (unpaired) electrons. The highest BCUT2D eigenvalue weighted by Crippen LogP contribution is 2.19. The molecule has 0 spiro atoms. The van der Waals surface area contributed by atoms with Gasteiger partial charge in [0.25, 0.3) is 11.8 Å². The molecule has 160 valence electrons. The zero-order valence-electron chi connectivity index (χ0n) is 18.0.